The molecule has 1 aromatic rings. The SMILES string of the molecule is CCCN1CC=C2C(C#N)=C(N)C(C#N)(C#N)C(CCc3ccccc3)C2C1. The van der Waals surface area contributed by atoms with Gasteiger partial charge in [-0.15, -0.1) is 0 Å². The Balaban J connectivity index is 2.05. The number of rotatable bonds is 5. The van der Waals surface area contributed by atoms with Gasteiger partial charge in [0.05, 0.1) is 23.4 Å². The predicted molar refractivity (Wildman–Crippen MR) is 107 cm³/mol. The molecule has 1 heterocycles. The van der Waals surface area contributed by atoms with Crippen LogP contribution in [0.4, 0.5) is 0 Å². The lowest BCUT2D eigenvalue weighted by atomic mass is 9.58. The molecule has 1 aromatic carbocycles. The fraction of sp³-hybridized carbons (Fsp3) is 0.435. The molecule has 1 aliphatic heterocycles. The summed E-state index contributed by atoms with van der Waals surface area (Å²) in [7, 11) is 0. The van der Waals surface area contributed by atoms with Crippen LogP contribution in [0.25, 0.3) is 0 Å². The number of hydrogen-bond acceptors (Lipinski definition) is 5. The molecule has 5 heteroatoms. The molecule has 0 fully saturated rings. The van der Waals surface area contributed by atoms with E-state index in [1.807, 2.05) is 18.2 Å². The van der Waals surface area contributed by atoms with E-state index in [4.69, 9.17) is 5.73 Å². The molecule has 0 aromatic heterocycles. The molecule has 0 saturated heterocycles. The first kappa shape index (κ1) is 19.7. The summed E-state index contributed by atoms with van der Waals surface area (Å²) in [6, 6.07) is 16.7. The van der Waals surface area contributed by atoms with Gasteiger partial charge in [-0.05, 0) is 36.9 Å². The number of nitriles is 3. The molecule has 3 rings (SSSR count). The Morgan fingerprint density at radius 1 is 1.18 bits per heavy atom. The zero-order valence-electron chi connectivity index (χ0n) is 16.2. The maximum atomic E-state index is 10.0. The minimum absolute atomic E-state index is 0.0368. The van der Waals surface area contributed by atoms with Crippen molar-refractivity contribution in [1.82, 2.24) is 4.90 Å². The third kappa shape index (κ3) is 3.29. The summed E-state index contributed by atoms with van der Waals surface area (Å²) in [4.78, 5) is 2.33. The van der Waals surface area contributed by atoms with Gasteiger partial charge < -0.3 is 5.73 Å². The van der Waals surface area contributed by atoms with E-state index in [1.165, 1.54) is 5.56 Å². The smallest absolute Gasteiger partial charge is 0.187 e. The van der Waals surface area contributed by atoms with Crippen LogP contribution in [-0.4, -0.2) is 24.5 Å². The van der Waals surface area contributed by atoms with E-state index in [2.05, 4.69) is 48.2 Å². The predicted octanol–water partition coefficient (Wildman–Crippen LogP) is 3.29. The van der Waals surface area contributed by atoms with Crippen molar-refractivity contribution in [2.45, 2.75) is 26.2 Å². The quantitative estimate of drug-likeness (QED) is 0.856. The molecular weight excluding hydrogens is 346 g/mol. The van der Waals surface area contributed by atoms with Gasteiger partial charge in [-0.1, -0.05) is 43.3 Å². The molecule has 28 heavy (non-hydrogen) atoms. The second-order valence-electron chi connectivity index (χ2n) is 7.59. The molecule has 0 spiro atoms. The second kappa shape index (κ2) is 8.30. The van der Waals surface area contributed by atoms with Crippen LogP contribution in [0.15, 0.2) is 53.3 Å². The van der Waals surface area contributed by atoms with Crippen LogP contribution in [-0.2, 0) is 6.42 Å². The van der Waals surface area contributed by atoms with Crippen LogP contribution in [0.2, 0.25) is 0 Å². The maximum Gasteiger partial charge on any atom is 0.187 e. The Hall–Kier alpha value is -3.07. The number of aryl methyl sites for hydroxylation is 1. The number of allylic oxidation sites excluding steroid dienone is 2. The first-order chi connectivity index (χ1) is 13.6. The van der Waals surface area contributed by atoms with Gasteiger partial charge in [0, 0.05) is 24.9 Å². The number of nitrogens with zero attached hydrogens (tertiary/aromatic N) is 4. The van der Waals surface area contributed by atoms with Crippen LogP contribution >= 0.6 is 0 Å². The third-order valence-corrected chi connectivity index (χ3v) is 6.04. The van der Waals surface area contributed by atoms with Gasteiger partial charge in [0.15, 0.2) is 5.41 Å². The second-order valence-corrected chi connectivity index (χ2v) is 7.59. The highest BCUT2D eigenvalue weighted by molar-refractivity contribution is 5.56. The van der Waals surface area contributed by atoms with Crippen LogP contribution in [0.3, 0.4) is 0 Å². The normalized spacial score (nSPS) is 23.7. The summed E-state index contributed by atoms with van der Waals surface area (Å²) in [6.07, 6.45) is 4.55. The summed E-state index contributed by atoms with van der Waals surface area (Å²) in [5.74, 6) is -0.282. The van der Waals surface area contributed by atoms with E-state index < -0.39 is 5.41 Å². The molecular formula is C23H25N5. The van der Waals surface area contributed by atoms with Crippen molar-refractivity contribution in [2.24, 2.45) is 23.0 Å². The van der Waals surface area contributed by atoms with Gasteiger partial charge >= 0.3 is 0 Å². The van der Waals surface area contributed by atoms with Crippen LogP contribution in [0.1, 0.15) is 25.3 Å². The largest absolute Gasteiger partial charge is 0.399 e. The van der Waals surface area contributed by atoms with Crippen molar-refractivity contribution < 1.29 is 0 Å². The highest BCUT2D eigenvalue weighted by Crippen LogP contribution is 2.50. The highest BCUT2D eigenvalue weighted by Gasteiger charge is 2.53. The molecule has 5 nitrogen and oxygen atoms in total. The topological polar surface area (TPSA) is 101 Å². The summed E-state index contributed by atoms with van der Waals surface area (Å²) in [6.45, 7) is 4.62. The fourth-order valence-corrected chi connectivity index (χ4v) is 4.63. The molecule has 0 bridgehead atoms. The zero-order valence-corrected chi connectivity index (χ0v) is 16.2. The number of fused-ring (bicyclic) bond motifs is 1. The van der Waals surface area contributed by atoms with E-state index in [1.54, 1.807) is 0 Å². The molecule has 0 saturated carbocycles. The van der Waals surface area contributed by atoms with Crippen LogP contribution in [0.5, 0.6) is 0 Å². The molecule has 1 aliphatic carbocycles. The van der Waals surface area contributed by atoms with Gasteiger partial charge in [-0.2, -0.15) is 15.8 Å². The Morgan fingerprint density at radius 2 is 1.89 bits per heavy atom. The van der Waals surface area contributed by atoms with Gasteiger partial charge in [-0.3, -0.25) is 4.90 Å². The lowest BCUT2D eigenvalue weighted by Gasteiger charge is -2.45. The minimum atomic E-state index is -1.46. The Morgan fingerprint density at radius 3 is 2.50 bits per heavy atom. The average Bonchev–Trinajstić information content (AvgIpc) is 2.73. The van der Waals surface area contributed by atoms with Crippen molar-refractivity contribution in [1.29, 1.82) is 15.8 Å². The Labute approximate surface area is 167 Å². The van der Waals surface area contributed by atoms with E-state index in [0.29, 0.717) is 12.0 Å². The summed E-state index contributed by atoms with van der Waals surface area (Å²) >= 11 is 0. The third-order valence-electron chi connectivity index (χ3n) is 6.04. The monoisotopic (exact) mass is 371 g/mol. The van der Waals surface area contributed by atoms with Gasteiger partial charge in [-0.25, -0.2) is 0 Å². The minimum Gasteiger partial charge on any atom is -0.399 e. The zero-order chi connectivity index (χ0) is 20.1. The Bertz CT molecular complexity index is 893. The molecule has 2 atom stereocenters. The highest BCUT2D eigenvalue weighted by atomic mass is 15.1. The summed E-state index contributed by atoms with van der Waals surface area (Å²) < 4.78 is 0. The van der Waals surface area contributed by atoms with Crippen molar-refractivity contribution in [3.05, 3.63) is 58.8 Å². The lowest BCUT2D eigenvalue weighted by molar-refractivity contribution is 0.160. The lowest BCUT2D eigenvalue weighted by Crippen LogP contribution is -2.49. The summed E-state index contributed by atoms with van der Waals surface area (Å²) in [5, 5.41) is 29.8. The fourth-order valence-electron chi connectivity index (χ4n) is 4.63. The first-order valence-electron chi connectivity index (χ1n) is 9.80. The van der Waals surface area contributed by atoms with Crippen LogP contribution in [0, 0.1) is 51.2 Å². The number of benzene rings is 1. The van der Waals surface area contributed by atoms with Gasteiger partial charge in [0.2, 0.25) is 0 Å². The molecule has 0 amide bonds. The van der Waals surface area contributed by atoms with Gasteiger partial charge in [0.1, 0.15) is 6.07 Å². The molecule has 2 aliphatic rings. The first-order valence-corrected chi connectivity index (χ1v) is 9.80. The summed E-state index contributed by atoms with van der Waals surface area (Å²) in [5.41, 5.74) is 7.41. The van der Waals surface area contributed by atoms with Crippen molar-refractivity contribution >= 4 is 0 Å². The number of nitrogens with two attached hydrogens (primary N) is 1. The van der Waals surface area contributed by atoms with E-state index in [9.17, 15) is 15.8 Å². The maximum absolute atomic E-state index is 10.0. The Kier molecular flexibility index (Phi) is 5.84. The molecule has 142 valence electrons. The van der Waals surface area contributed by atoms with Crippen LogP contribution < -0.4 is 5.73 Å². The van der Waals surface area contributed by atoms with Crippen molar-refractivity contribution in [3.63, 3.8) is 0 Å². The van der Waals surface area contributed by atoms with E-state index >= 15 is 0 Å². The van der Waals surface area contributed by atoms with Gasteiger partial charge in [0.25, 0.3) is 0 Å². The van der Waals surface area contributed by atoms with E-state index in [-0.39, 0.29) is 17.5 Å². The standard InChI is InChI=1S/C23H25N5/c1-2-11-28-12-10-18-19(13-24)22(27)23(15-25,16-26)21(20(18)14-28)9-8-17-6-4-3-5-7-17/h3-7,10,20-21H,2,8-9,11-12,14,27H2,1H3. The molecule has 0 radical (unpaired) electrons. The van der Waals surface area contributed by atoms with Crippen molar-refractivity contribution in [2.75, 3.05) is 19.6 Å². The van der Waals surface area contributed by atoms with Crippen molar-refractivity contribution in [3.8, 4) is 18.2 Å². The molecule has 2 unspecified atom stereocenters. The number of hydrogen-bond donors (Lipinski definition) is 1. The van der Waals surface area contributed by atoms with E-state index in [0.717, 1.165) is 38.0 Å². The molecule has 2 N–H and O–H groups in total. The average molecular weight is 371 g/mol.